The normalized spacial score (nSPS) is 11.6. The number of nitrogens with one attached hydrogen (secondary N) is 1. The molecule has 0 aliphatic heterocycles. The summed E-state index contributed by atoms with van der Waals surface area (Å²) in [7, 11) is 0. The van der Waals surface area contributed by atoms with Crippen molar-refractivity contribution in [1.29, 1.82) is 0 Å². The van der Waals surface area contributed by atoms with E-state index in [4.69, 9.17) is 4.74 Å². The molecule has 1 aromatic heterocycles. The Balaban J connectivity index is 1.95. The number of esters is 1. The van der Waals surface area contributed by atoms with Crippen LogP contribution in [0.3, 0.4) is 0 Å². The highest BCUT2D eigenvalue weighted by atomic mass is 32.1. The van der Waals surface area contributed by atoms with Crippen molar-refractivity contribution in [2.75, 3.05) is 6.61 Å². The number of aryl methyl sites for hydroxylation is 1. The van der Waals surface area contributed by atoms with Crippen LogP contribution in [-0.2, 0) is 16.0 Å². The third kappa shape index (κ3) is 4.93. The van der Waals surface area contributed by atoms with Crippen molar-refractivity contribution in [3.05, 3.63) is 46.0 Å². The molecule has 0 saturated heterocycles. The molecule has 8 heteroatoms. The van der Waals surface area contributed by atoms with Gasteiger partial charge in [0.05, 0.1) is 11.7 Å². The van der Waals surface area contributed by atoms with Crippen molar-refractivity contribution in [2.24, 2.45) is 0 Å². The van der Waals surface area contributed by atoms with Gasteiger partial charge in [-0.15, -0.1) is 5.10 Å². The van der Waals surface area contributed by atoms with E-state index in [1.54, 1.807) is 24.3 Å². The van der Waals surface area contributed by atoms with Crippen LogP contribution in [0.1, 0.15) is 58.1 Å². The fourth-order valence-corrected chi connectivity index (χ4v) is 2.87. The number of carbonyl (C=O) groups is 3. The largest absolute Gasteiger partial charge is 0.453 e. The van der Waals surface area contributed by atoms with Crippen LogP contribution in [0.25, 0.3) is 0 Å². The zero-order valence-corrected chi connectivity index (χ0v) is 15.1. The van der Waals surface area contributed by atoms with Crippen LogP contribution in [0, 0.1) is 0 Å². The third-order valence-electron chi connectivity index (χ3n) is 3.56. The Morgan fingerprint density at radius 3 is 2.52 bits per heavy atom. The number of benzene rings is 1. The van der Waals surface area contributed by atoms with Gasteiger partial charge in [0.25, 0.3) is 0 Å². The summed E-state index contributed by atoms with van der Waals surface area (Å²) in [5.41, 5.74) is 1.88. The zero-order valence-electron chi connectivity index (χ0n) is 14.2. The molecule has 0 radical (unpaired) electrons. The summed E-state index contributed by atoms with van der Waals surface area (Å²) in [6.45, 7) is 4.82. The Labute approximate surface area is 149 Å². The average molecular weight is 361 g/mol. The Kier molecular flexibility index (Phi) is 6.35. The molecule has 1 amide bonds. The molecular formula is C17H19N3O4S. The minimum absolute atomic E-state index is 0.122. The minimum Gasteiger partial charge on any atom is -0.453 e. The van der Waals surface area contributed by atoms with E-state index >= 15 is 0 Å². The molecule has 2 rings (SSSR count). The number of Topliss-reactive ketones (excluding diaryl/α,β-unsaturated/α-hetero) is 1. The standard InChI is InChI=1S/C17H19N3O4S/c1-4-14-16(25-20-19-14)17(23)24-9-15(22)13-7-5-12(6-8-13)10(2)18-11(3)21/h5-8,10H,4,9H2,1-3H3,(H,18,21)/t10-/m1/s1. The fourth-order valence-electron chi connectivity index (χ4n) is 2.22. The summed E-state index contributed by atoms with van der Waals surface area (Å²) in [5.74, 6) is -1.01. The molecule has 0 saturated carbocycles. The number of amides is 1. The second kappa shape index (κ2) is 8.48. The number of ether oxygens (including phenoxy) is 1. The molecule has 1 atom stereocenters. The molecule has 25 heavy (non-hydrogen) atoms. The summed E-state index contributed by atoms with van der Waals surface area (Å²) in [6, 6.07) is 6.67. The quantitative estimate of drug-likeness (QED) is 0.600. The lowest BCUT2D eigenvalue weighted by Gasteiger charge is -2.13. The molecule has 132 valence electrons. The topological polar surface area (TPSA) is 98.2 Å². The highest BCUT2D eigenvalue weighted by Crippen LogP contribution is 2.15. The first kappa shape index (κ1) is 18.7. The molecule has 0 unspecified atom stereocenters. The van der Waals surface area contributed by atoms with E-state index in [1.807, 2.05) is 13.8 Å². The summed E-state index contributed by atoms with van der Waals surface area (Å²) in [6.07, 6.45) is 0.572. The summed E-state index contributed by atoms with van der Waals surface area (Å²) >= 11 is 0.958. The van der Waals surface area contributed by atoms with Crippen LogP contribution in [0.2, 0.25) is 0 Å². The third-order valence-corrected chi connectivity index (χ3v) is 4.31. The zero-order chi connectivity index (χ0) is 18.4. The Hall–Kier alpha value is -2.61. The lowest BCUT2D eigenvalue weighted by atomic mass is 10.0. The Morgan fingerprint density at radius 1 is 1.24 bits per heavy atom. The summed E-state index contributed by atoms with van der Waals surface area (Å²) < 4.78 is 8.78. The van der Waals surface area contributed by atoms with Crippen LogP contribution >= 0.6 is 11.5 Å². The number of hydrogen-bond donors (Lipinski definition) is 1. The molecule has 0 aliphatic rings. The molecule has 1 heterocycles. The maximum absolute atomic E-state index is 12.2. The molecule has 0 aliphatic carbocycles. The van der Waals surface area contributed by atoms with Gasteiger partial charge in [-0.3, -0.25) is 9.59 Å². The van der Waals surface area contributed by atoms with Gasteiger partial charge in [0.2, 0.25) is 5.91 Å². The van der Waals surface area contributed by atoms with E-state index in [1.165, 1.54) is 6.92 Å². The van der Waals surface area contributed by atoms with Crippen molar-refractivity contribution in [2.45, 2.75) is 33.2 Å². The Bertz CT molecular complexity index is 770. The van der Waals surface area contributed by atoms with E-state index in [-0.39, 0.29) is 24.3 Å². The highest BCUT2D eigenvalue weighted by molar-refractivity contribution is 7.07. The van der Waals surface area contributed by atoms with Crippen LogP contribution in [0.4, 0.5) is 0 Å². The molecular weight excluding hydrogens is 342 g/mol. The van der Waals surface area contributed by atoms with Gasteiger partial charge in [-0.05, 0) is 30.4 Å². The van der Waals surface area contributed by atoms with Crippen LogP contribution < -0.4 is 5.32 Å². The molecule has 1 aromatic carbocycles. The van der Waals surface area contributed by atoms with Gasteiger partial charge in [-0.1, -0.05) is 35.7 Å². The monoisotopic (exact) mass is 361 g/mol. The first-order chi connectivity index (χ1) is 11.9. The van der Waals surface area contributed by atoms with Gasteiger partial charge in [0.15, 0.2) is 17.3 Å². The molecule has 2 aromatic rings. The van der Waals surface area contributed by atoms with E-state index in [0.717, 1.165) is 17.1 Å². The molecule has 7 nitrogen and oxygen atoms in total. The van der Waals surface area contributed by atoms with Crippen molar-refractivity contribution >= 4 is 29.2 Å². The predicted octanol–water partition coefficient (Wildman–Crippen LogP) is 2.34. The number of hydrogen-bond acceptors (Lipinski definition) is 7. The molecule has 1 N–H and O–H groups in total. The Morgan fingerprint density at radius 2 is 1.92 bits per heavy atom. The van der Waals surface area contributed by atoms with Crippen molar-refractivity contribution in [1.82, 2.24) is 14.9 Å². The van der Waals surface area contributed by atoms with Gasteiger partial charge >= 0.3 is 5.97 Å². The SMILES string of the molecule is CCc1nnsc1C(=O)OCC(=O)c1ccc([C@@H](C)NC(C)=O)cc1. The van der Waals surface area contributed by atoms with Crippen LogP contribution in [-0.4, -0.2) is 33.9 Å². The maximum Gasteiger partial charge on any atom is 0.352 e. The van der Waals surface area contributed by atoms with E-state index < -0.39 is 5.97 Å². The molecule has 0 fully saturated rings. The average Bonchev–Trinajstić information content (AvgIpc) is 3.07. The number of aromatic nitrogens is 2. The molecule has 0 spiro atoms. The first-order valence-electron chi connectivity index (χ1n) is 7.81. The van der Waals surface area contributed by atoms with Gasteiger partial charge < -0.3 is 10.1 Å². The lowest BCUT2D eigenvalue weighted by Crippen LogP contribution is -2.23. The lowest BCUT2D eigenvalue weighted by molar-refractivity contribution is -0.119. The van der Waals surface area contributed by atoms with Crippen LogP contribution in [0.15, 0.2) is 24.3 Å². The van der Waals surface area contributed by atoms with Crippen molar-refractivity contribution in [3.8, 4) is 0 Å². The molecule has 0 bridgehead atoms. The van der Waals surface area contributed by atoms with Crippen molar-refractivity contribution in [3.63, 3.8) is 0 Å². The fraction of sp³-hybridized carbons (Fsp3) is 0.353. The van der Waals surface area contributed by atoms with Crippen molar-refractivity contribution < 1.29 is 19.1 Å². The van der Waals surface area contributed by atoms with Crippen LogP contribution in [0.5, 0.6) is 0 Å². The minimum atomic E-state index is -0.587. The number of nitrogens with zero attached hydrogens (tertiary/aromatic N) is 2. The second-order valence-electron chi connectivity index (χ2n) is 5.45. The number of rotatable bonds is 7. The van der Waals surface area contributed by atoms with E-state index in [0.29, 0.717) is 22.6 Å². The number of ketones is 1. The van der Waals surface area contributed by atoms with Gasteiger partial charge in [0.1, 0.15) is 0 Å². The summed E-state index contributed by atoms with van der Waals surface area (Å²) in [4.78, 5) is 35.5. The van der Waals surface area contributed by atoms with E-state index in [2.05, 4.69) is 14.9 Å². The second-order valence-corrected chi connectivity index (χ2v) is 6.20. The predicted molar refractivity (Wildman–Crippen MR) is 92.6 cm³/mol. The first-order valence-corrected chi connectivity index (χ1v) is 8.58. The van der Waals surface area contributed by atoms with Gasteiger partial charge in [-0.2, -0.15) is 0 Å². The smallest absolute Gasteiger partial charge is 0.352 e. The van der Waals surface area contributed by atoms with Gasteiger partial charge in [0, 0.05) is 12.5 Å². The van der Waals surface area contributed by atoms with Gasteiger partial charge in [-0.25, -0.2) is 4.79 Å². The highest BCUT2D eigenvalue weighted by Gasteiger charge is 2.18. The number of carbonyl (C=O) groups excluding carboxylic acids is 3. The maximum atomic E-state index is 12.2. The van der Waals surface area contributed by atoms with E-state index in [9.17, 15) is 14.4 Å². The summed E-state index contributed by atoms with van der Waals surface area (Å²) in [5, 5.41) is 6.61.